The molecular formula is C19H18N2O2. The number of carbonyl (C=O) groups is 1. The number of nitriles is 1. The first-order valence-corrected chi connectivity index (χ1v) is 7.35. The van der Waals surface area contributed by atoms with Crippen LogP contribution in [0.1, 0.15) is 16.7 Å². The minimum absolute atomic E-state index is 0.0870. The van der Waals surface area contributed by atoms with Gasteiger partial charge in [-0.15, -0.1) is 0 Å². The van der Waals surface area contributed by atoms with E-state index in [4.69, 9.17) is 10.4 Å². The number of benzene rings is 2. The standard InChI is InChI=1S/C19H18N2O2/c20-14-18-8-4-7-16(13-18)9-10-19(23)21(11-12-22)15-17-5-2-1-3-6-17/h1-10,13,22H,11-12,15H2/b10-9+. The first-order chi connectivity index (χ1) is 11.2. The molecule has 0 spiro atoms. The summed E-state index contributed by atoms with van der Waals surface area (Å²) in [4.78, 5) is 13.9. The van der Waals surface area contributed by atoms with E-state index in [2.05, 4.69) is 6.07 Å². The fraction of sp³-hybridized carbons (Fsp3) is 0.158. The molecule has 0 aliphatic carbocycles. The van der Waals surface area contributed by atoms with Gasteiger partial charge in [0.25, 0.3) is 0 Å². The molecule has 0 saturated carbocycles. The average Bonchev–Trinajstić information content (AvgIpc) is 2.60. The van der Waals surface area contributed by atoms with Gasteiger partial charge in [-0.05, 0) is 29.3 Å². The predicted octanol–water partition coefficient (Wildman–Crippen LogP) is 2.59. The fourth-order valence-electron chi connectivity index (χ4n) is 2.18. The molecule has 0 bridgehead atoms. The van der Waals surface area contributed by atoms with Crippen molar-refractivity contribution < 1.29 is 9.90 Å². The Hall–Kier alpha value is -2.90. The van der Waals surface area contributed by atoms with Crippen molar-refractivity contribution in [2.75, 3.05) is 13.2 Å². The second-order valence-electron chi connectivity index (χ2n) is 5.04. The Morgan fingerprint density at radius 2 is 1.96 bits per heavy atom. The number of aliphatic hydroxyl groups is 1. The van der Waals surface area contributed by atoms with Crippen LogP contribution in [-0.4, -0.2) is 29.1 Å². The van der Waals surface area contributed by atoms with E-state index in [1.165, 1.54) is 6.08 Å². The summed E-state index contributed by atoms with van der Waals surface area (Å²) in [5.41, 5.74) is 2.35. The van der Waals surface area contributed by atoms with E-state index in [-0.39, 0.29) is 19.1 Å². The average molecular weight is 306 g/mol. The molecule has 23 heavy (non-hydrogen) atoms. The molecule has 4 nitrogen and oxygen atoms in total. The Labute approximate surface area is 135 Å². The number of hydrogen-bond acceptors (Lipinski definition) is 3. The van der Waals surface area contributed by atoms with Crippen molar-refractivity contribution in [3.05, 3.63) is 77.4 Å². The van der Waals surface area contributed by atoms with Crippen LogP contribution in [0, 0.1) is 11.3 Å². The monoisotopic (exact) mass is 306 g/mol. The molecule has 0 atom stereocenters. The molecule has 0 unspecified atom stereocenters. The van der Waals surface area contributed by atoms with Gasteiger partial charge in [-0.1, -0.05) is 42.5 Å². The third kappa shape index (κ3) is 5.10. The highest BCUT2D eigenvalue weighted by atomic mass is 16.3. The minimum atomic E-state index is -0.176. The summed E-state index contributed by atoms with van der Waals surface area (Å²) in [5, 5.41) is 18.0. The SMILES string of the molecule is N#Cc1cccc(/C=C/C(=O)N(CCO)Cc2ccccc2)c1. The Morgan fingerprint density at radius 3 is 2.65 bits per heavy atom. The fourth-order valence-corrected chi connectivity index (χ4v) is 2.18. The molecule has 2 aromatic rings. The highest BCUT2D eigenvalue weighted by Crippen LogP contribution is 2.08. The van der Waals surface area contributed by atoms with E-state index < -0.39 is 0 Å². The van der Waals surface area contributed by atoms with Crippen LogP contribution in [0.4, 0.5) is 0 Å². The molecule has 0 saturated heterocycles. The summed E-state index contributed by atoms with van der Waals surface area (Å²) in [5.74, 6) is -0.176. The molecule has 0 aliphatic heterocycles. The van der Waals surface area contributed by atoms with Crippen LogP contribution >= 0.6 is 0 Å². The lowest BCUT2D eigenvalue weighted by atomic mass is 10.1. The zero-order chi connectivity index (χ0) is 16.5. The normalized spacial score (nSPS) is 10.4. The first-order valence-electron chi connectivity index (χ1n) is 7.35. The van der Waals surface area contributed by atoms with Crippen molar-refractivity contribution >= 4 is 12.0 Å². The van der Waals surface area contributed by atoms with Crippen molar-refractivity contribution in [3.63, 3.8) is 0 Å². The van der Waals surface area contributed by atoms with Crippen molar-refractivity contribution in [1.29, 1.82) is 5.26 Å². The van der Waals surface area contributed by atoms with Gasteiger partial charge in [0.1, 0.15) is 0 Å². The number of hydrogen-bond donors (Lipinski definition) is 1. The Balaban J connectivity index is 2.08. The third-order valence-electron chi connectivity index (χ3n) is 3.33. The van der Waals surface area contributed by atoms with Gasteiger partial charge in [-0.25, -0.2) is 0 Å². The largest absolute Gasteiger partial charge is 0.395 e. The predicted molar refractivity (Wildman–Crippen MR) is 89.1 cm³/mol. The van der Waals surface area contributed by atoms with Crippen LogP contribution < -0.4 is 0 Å². The zero-order valence-corrected chi connectivity index (χ0v) is 12.7. The summed E-state index contributed by atoms with van der Waals surface area (Å²) < 4.78 is 0. The highest BCUT2D eigenvalue weighted by Gasteiger charge is 2.10. The lowest BCUT2D eigenvalue weighted by Crippen LogP contribution is -2.31. The van der Waals surface area contributed by atoms with Gasteiger partial charge in [0.2, 0.25) is 5.91 Å². The van der Waals surface area contributed by atoms with Crippen LogP contribution in [0.3, 0.4) is 0 Å². The minimum Gasteiger partial charge on any atom is -0.395 e. The van der Waals surface area contributed by atoms with Gasteiger partial charge in [-0.3, -0.25) is 4.79 Å². The maximum absolute atomic E-state index is 12.3. The third-order valence-corrected chi connectivity index (χ3v) is 3.33. The number of carbonyl (C=O) groups excluding carboxylic acids is 1. The van der Waals surface area contributed by atoms with Gasteiger partial charge >= 0.3 is 0 Å². The lowest BCUT2D eigenvalue weighted by molar-refractivity contribution is -0.127. The molecule has 4 heteroatoms. The first kappa shape index (κ1) is 16.5. The van der Waals surface area contributed by atoms with Crippen LogP contribution in [0.25, 0.3) is 6.08 Å². The quantitative estimate of drug-likeness (QED) is 0.834. The van der Waals surface area contributed by atoms with Crippen molar-refractivity contribution in [2.24, 2.45) is 0 Å². The van der Waals surface area contributed by atoms with Gasteiger partial charge < -0.3 is 10.0 Å². The smallest absolute Gasteiger partial charge is 0.246 e. The van der Waals surface area contributed by atoms with Crippen LogP contribution in [0.5, 0.6) is 0 Å². The van der Waals surface area contributed by atoms with Gasteiger partial charge in [-0.2, -0.15) is 5.26 Å². The maximum Gasteiger partial charge on any atom is 0.246 e. The summed E-state index contributed by atoms with van der Waals surface area (Å²) in [7, 11) is 0. The summed E-state index contributed by atoms with van der Waals surface area (Å²) in [6.45, 7) is 0.634. The Morgan fingerprint density at radius 1 is 1.17 bits per heavy atom. The number of aliphatic hydroxyl groups excluding tert-OH is 1. The van der Waals surface area contributed by atoms with E-state index >= 15 is 0 Å². The van der Waals surface area contributed by atoms with Gasteiger partial charge in [0.15, 0.2) is 0 Å². The van der Waals surface area contributed by atoms with Crippen LogP contribution in [0.2, 0.25) is 0 Å². The number of nitrogens with zero attached hydrogens (tertiary/aromatic N) is 2. The van der Waals surface area contributed by atoms with Crippen molar-refractivity contribution in [1.82, 2.24) is 4.90 Å². The van der Waals surface area contributed by atoms with E-state index in [0.29, 0.717) is 12.1 Å². The molecule has 0 fully saturated rings. The van der Waals surface area contributed by atoms with E-state index in [1.807, 2.05) is 36.4 Å². The topological polar surface area (TPSA) is 64.3 Å². The maximum atomic E-state index is 12.3. The molecule has 116 valence electrons. The second-order valence-corrected chi connectivity index (χ2v) is 5.04. The number of rotatable bonds is 6. The van der Waals surface area contributed by atoms with E-state index in [9.17, 15) is 4.79 Å². The van der Waals surface area contributed by atoms with Crippen LogP contribution in [0.15, 0.2) is 60.7 Å². The molecule has 0 aromatic heterocycles. The molecule has 1 amide bonds. The second kappa shape index (κ2) is 8.52. The summed E-state index contributed by atoms with van der Waals surface area (Å²) >= 11 is 0. The van der Waals surface area contributed by atoms with E-state index in [0.717, 1.165) is 11.1 Å². The molecule has 1 N–H and O–H groups in total. The Kier molecular flexibility index (Phi) is 6.10. The molecule has 0 radical (unpaired) electrons. The summed E-state index contributed by atoms with van der Waals surface area (Å²) in [6, 6.07) is 18.7. The highest BCUT2D eigenvalue weighted by molar-refractivity contribution is 5.91. The molecule has 2 aromatic carbocycles. The van der Waals surface area contributed by atoms with Crippen molar-refractivity contribution in [3.8, 4) is 6.07 Å². The summed E-state index contributed by atoms with van der Waals surface area (Å²) in [6.07, 6.45) is 3.15. The van der Waals surface area contributed by atoms with Gasteiger partial charge in [0, 0.05) is 19.2 Å². The number of amides is 1. The van der Waals surface area contributed by atoms with E-state index in [1.54, 1.807) is 29.2 Å². The molecular weight excluding hydrogens is 288 g/mol. The molecule has 0 heterocycles. The van der Waals surface area contributed by atoms with Crippen LogP contribution in [-0.2, 0) is 11.3 Å². The lowest BCUT2D eigenvalue weighted by Gasteiger charge is -2.20. The molecule has 0 aliphatic rings. The van der Waals surface area contributed by atoms with Crippen molar-refractivity contribution in [2.45, 2.75) is 6.54 Å². The zero-order valence-electron chi connectivity index (χ0n) is 12.7. The van der Waals surface area contributed by atoms with Gasteiger partial charge in [0.05, 0.1) is 18.2 Å². The Bertz CT molecular complexity index is 718. The molecule has 2 rings (SSSR count).